The van der Waals surface area contributed by atoms with E-state index in [-0.39, 0.29) is 18.1 Å². The molecular formula is C22H31FN2O3. The Kier molecular flexibility index (Phi) is 6.47. The summed E-state index contributed by atoms with van der Waals surface area (Å²) in [5, 5.41) is 3.43. The molecule has 2 aliphatic heterocycles. The van der Waals surface area contributed by atoms with E-state index in [0.29, 0.717) is 44.2 Å². The lowest BCUT2D eigenvalue weighted by Gasteiger charge is -2.27. The van der Waals surface area contributed by atoms with Crippen molar-refractivity contribution in [2.24, 2.45) is 17.8 Å². The molecule has 3 aliphatic rings. The Labute approximate surface area is 166 Å². The number of piperidine rings is 1. The van der Waals surface area contributed by atoms with Crippen LogP contribution in [-0.2, 0) is 16.0 Å². The van der Waals surface area contributed by atoms with Crippen LogP contribution >= 0.6 is 0 Å². The Morgan fingerprint density at radius 2 is 2.04 bits per heavy atom. The zero-order valence-electron chi connectivity index (χ0n) is 16.5. The number of nitrogens with zero attached hydrogens (tertiary/aromatic N) is 1. The lowest BCUT2D eigenvalue weighted by molar-refractivity contribution is -0.134. The molecule has 28 heavy (non-hydrogen) atoms. The molecule has 6 heteroatoms. The molecule has 0 radical (unpaired) electrons. The van der Waals surface area contributed by atoms with Gasteiger partial charge < -0.3 is 19.7 Å². The van der Waals surface area contributed by atoms with Crippen LogP contribution in [0, 0.1) is 23.6 Å². The van der Waals surface area contributed by atoms with Gasteiger partial charge >= 0.3 is 0 Å². The van der Waals surface area contributed by atoms with Crippen LogP contribution < -0.4 is 10.1 Å². The second-order valence-corrected chi connectivity index (χ2v) is 8.31. The van der Waals surface area contributed by atoms with Crippen molar-refractivity contribution in [3.05, 3.63) is 29.6 Å². The van der Waals surface area contributed by atoms with Crippen molar-refractivity contribution in [1.82, 2.24) is 10.2 Å². The number of halogens is 1. The quantitative estimate of drug-likeness (QED) is 0.778. The zero-order chi connectivity index (χ0) is 19.3. The highest BCUT2D eigenvalue weighted by molar-refractivity contribution is 5.79. The molecule has 2 atom stereocenters. The van der Waals surface area contributed by atoms with Gasteiger partial charge in [-0.05, 0) is 68.2 Å². The van der Waals surface area contributed by atoms with Crippen LogP contribution in [0.4, 0.5) is 4.39 Å². The largest absolute Gasteiger partial charge is 0.493 e. The number of rotatable bonds is 7. The summed E-state index contributed by atoms with van der Waals surface area (Å²) in [5.74, 6) is 2.67. The minimum absolute atomic E-state index is 0.0476. The average Bonchev–Trinajstić information content (AvgIpc) is 3.51. The van der Waals surface area contributed by atoms with E-state index in [0.717, 1.165) is 37.3 Å². The maximum atomic E-state index is 14.4. The number of morpholine rings is 1. The van der Waals surface area contributed by atoms with Crippen LogP contribution in [0.15, 0.2) is 18.2 Å². The van der Waals surface area contributed by atoms with Crippen LogP contribution in [0.2, 0.25) is 0 Å². The molecule has 0 bridgehead atoms. The highest BCUT2D eigenvalue weighted by atomic mass is 19.1. The molecule has 3 fully saturated rings. The predicted molar refractivity (Wildman–Crippen MR) is 105 cm³/mol. The topological polar surface area (TPSA) is 50.8 Å². The number of nitrogens with one attached hydrogen (secondary N) is 1. The van der Waals surface area contributed by atoms with Crippen LogP contribution in [0.25, 0.3) is 0 Å². The molecule has 1 aromatic carbocycles. The van der Waals surface area contributed by atoms with Crippen LogP contribution in [0.1, 0.15) is 31.2 Å². The van der Waals surface area contributed by atoms with Crippen molar-refractivity contribution in [2.75, 3.05) is 46.0 Å². The van der Waals surface area contributed by atoms with E-state index in [1.165, 1.54) is 25.3 Å². The maximum absolute atomic E-state index is 14.4. The van der Waals surface area contributed by atoms with Crippen molar-refractivity contribution in [3.63, 3.8) is 0 Å². The van der Waals surface area contributed by atoms with Crippen molar-refractivity contribution in [1.29, 1.82) is 0 Å². The standard InChI is InChI=1S/C22H31FN2O3/c23-21-15-19(2-1-18(21)14-22(26)25-8-11-27-12-9-25)28-10-5-17-13-20(17)16-3-6-24-7-4-16/h1-2,15-17,20,24H,3-14H2. The first-order chi connectivity index (χ1) is 13.7. The number of hydrogen-bond acceptors (Lipinski definition) is 4. The smallest absolute Gasteiger partial charge is 0.227 e. The molecule has 0 spiro atoms. The van der Waals surface area contributed by atoms with Gasteiger partial charge in [-0.1, -0.05) is 6.07 Å². The third kappa shape index (κ3) is 5.03. The summed E-state index contributed by atoms with van der Waals surface area (Å²) in [6.45, 7) is 5.23. The predicted octanol–water partition coefficient (Wildman–Crippen LogP) is 2.63. The van der Waals surface area contributed by atoms with Crippen molar-refractivity contribution >= 4 is 5.91 Å². The van der Waals surface area contributed by atoms with E-state index in [1.54, 1.807) is 17.0 Å². The van der Waals surface area contributed by atoms with E-state index in [1.807, 2.05) is 0 Å². The van der Waals surface area contributed by atoms with Gasteiger partial charge in [-0.3, -0.25) is 4.79 Å². The molecule has 2 unspecified atom stereocenters. The van der Waals surface area contributed by atoms with Gasteiger partial charge in [0.15, 0.2) is 0 Å². The number of amides is 1. The Hall–Kier alpha value is -1.66. The molecule has 1 amide bonds. The molecule has 4 rings (SSSR count). The average molecular weight is 390 g/mol. The number of hydrogen-bond donors (Lipinski definition) is 1. The van der Waals surface area contributed by atoms with Gasteiger partial charge in [0.2, 0.25) is 5.91 Å². The van der Waals surface area contributed by atoms with E-state index in [9.17, 15) is 9.18 Å². The second kappa shape index (κ2) is 9.23. The van der Waals surface area contributed by atoms with Gasteiger partial charge in [0.05, 0.1) is 26.2 Å². The molecule has 1 aromatic rings. The molecular weight excluding hydrogens is 359 g/mol. The summed E-state index contributed by atoms with van der Waals surface area (Å²) in [4.78, 5) is 14.0. The molecule has 1 N–H and O–H groups in total. The first-order valence-corrected chi connectivity index (χ1v) is 10.7. The zero-order valence-corrected chi connectivity index (χ0v) is 16.5. The Balaban J connectivity index is 1.20. The Bertz CT molecular complexity index is 672. The van der Waals surface area contributed by atoms with Gasteiger partial charge in [-0.2, -0.15) is 0 Å². The Morgan fingerprint density at radius 3 is 2.79 bits per heavy atom. The molecule has 1 saturated carbocycles. The summed E-state index contributed by atoms with van der Waals surface area (Å²) in [7, 11) is 0. The van der Waals surface area contributed by atoms with Gasteiger partial charge in [-0.15, -0.1) is 0 Å². The van der Waals surface area contributed by atoms with E-state index < -0.39 is 0 Å². The van der Waals surface area contributed by atoms with Crippen molar-refractivity contribution in [3.8, 4) is 5.75 Å². The molecule has 154 valence electrons. The first-order valence-electron chi connectivity index (χ1n) is 10.7. The summed E-state index contributed by atoms with van der Waals surface area (Å²) in [6.07, 6.45) is 5.07. The number of ether oxygens (including phenoxy) is 2. The van der Waals surface area contributed by atoms with Gasteiger partial charge in [0.1, 0.15) is 11.6 Å². The monoisotopic (exact) mass is 390 g/mol. The lowest BCUT2D eigenvalue weighted by Crippen LogP contribution is -2.41. The maximum Gasteiger partial charge on any atom is 0.227 e. The number of benzene rings is 1. The van der Waals surface area contributed by atoms with Gasteiger partial charge in [0.25, 0.3) is 0 Å². The minimum Gasteiger partial charge on any atom is -0.493 e. The van der Waals surface area contributed by atoms with E-state index in [4.69, 9.17) is 9.47 Å². The van der Waals surface area contributed by atoms with Gasteiger partial charge in [-0.25, -0.2) is 4.39 Å². The molecule has 0 aromatic heterocycles. The fourth-order valence-electron chi connectivity index (χ4n) is 4.63. The van der Waals surface area contributed by atoms with Crippen LogP contribution in [0.3, 0.4) is 0 Å². The summed E-state index contributed by atoms with van der Waals surface area (Å²) >= 11 is 0. The van der Waals surface area contributed by atoms with E-state index in [2.05, 4.69) is 5.32 Å². The summed E-state index contributed by atoms with van der Waals surface area (Å²) in [5.41, 5.74) is 0.428. The van der Waals surface area contributed by atoms with Crippen LogP contribution in [0.5, 0.6) is 5.75 Å². The van der Waals surface area contributed by atoms with Gasteiger partial charge in [0, 0.05) is 19.2 Å². The first kappa shape index (κ1) is 19.6. The Morgan fingerprint density at radius 1 is 1.25 bits per heavy atom. The summed E-state index contributed by atoms with van der Waals surface area (Å²) < 4.78 is 25.4. The fraction of sp³-hybridized carbons (Fsp3) is 0.682. The number of carbonyl (C=O) groups excluding carboxylic acids is 1. The molecule has 5 nitrogen and oxygen atoms in total. The molecule has 2 saturated heterocycles. The normalized spacial score (nSPS) is 25.5. The lowest BCUT2D eigenvalue weighted by atomic mass is 9.91. The molecule has 2 heterocycles. The third-order valence-electron chi connectivity index (χ3n) is 6.45. The molecule has 1 aliphatic carbocycles. The highest BCUT2D eigenvalue weighted by Gasteiger charge is 2.42. The van der Waals surface area contributed by atoms with Crippen molar-refractivity contribution < 1.29 is 18.7 Å². The van der Waals surface area contributed by atoms with Crippen molar-refractivity contribution in [2.45, 2.75) is 32.1 Å². The SMILES string of the molecule is O=C(Cc1ccc(OCCC2CC2C2CCNCC2)cc1F)N1CCOCC1. The highest BCUT2D eigenvalue weighted by Crippen LogP contribution is 2.49. The number of carbonyl (C=O) groups is 1. The minimum atomic E-state index is -0.363. The van der Waals surface area contributed by atoms with Crippen LogP contribution in [-0.4, -0.2) is 56.8 Å². The van der Waals surface area contributed by atoms with E-state index >= 15 is 0 Å². The third-order valence-corrected chi connectivity index (χ3v) is 6.45. The fourth-order valence-corrected chi connectivity index (χ4v) is 4.63. The summed E-state index contributed by atoms with van der Waals surface area (Å²) in [6, 6.07) is 4.87. The second-order valence-electron chi connectivity index (χ2n) is 8.31.